The van der Waals surface area contributed by atoms with E-state index in [2.05, 4.69) is 32.6 Å². The zero-order valence-electron chi connectivity index (χ0n) is 7.34. The fourth-order valence-electron chi connectivity index (χ4n) is 0.726. The lowest BCUT2D eigenvalue weighted by Gasteiger charge is -1.98. The fraction of sp³-hybridized carbons (Fsp3) is 0.400. The first-order valence-corrected chi connectivity index (χ1v) is 4.89. The molecule has 0 N–H and O–H groups in total. The number of rotatable bonds is 5. The average molecular weight is 168 g/mol. The summed E-state index contributed by atoms with van der Waals surface area (Å²) in [6.45, 7) is 7.87. The number of hydrogen-bond donors (Lipinski definition) is 0. The normalized spacial score (nSPS) is 12.4. The first-order valence-electron chi connectivity index (χ1n) is 3.90. The third-order valence-corrected chi connectivity index (χ3v) is 2.30. The van der Waals surface area contributed by atoms with Crippen LogP contribution in [0.25, 0.3) is 0 Å². The van der Waals surface area contributed by atoms with Gasteiger partial charge in [0, 0.05) is 0 Å². The third kappa shape index (κ3) is 5.99. The molecule has 0 spiro atoms. The topological polar surface area (TPSA) is 0 Å². The molecule has 0 aromatic carbocycles. The maximum absolute atomic E-state index is 3.62. The molecule has 0 fully saturated rings. The van der Waals surface area contributed by atoms with E-state index in [0.29, 0.717) is 0 Å². The minimum absolute atomic E-state index is 1.04. The van der Waals surface area contributed by atoms with Crippen LogP contribution in [0.3, 0.4) is 0 Å². The summed E-state index contributed by atoms with van der Waals surface area (Å²) in [5, 5.41) is 0. The van der Waals surface area contributed by atoms with Gasteiger partial charge in [-0.15, -0.1) is 11.8 Å². The molecule has 0 amide bonds. The van der Waals surface area contributed by atoms with E-state index in [-0.39, 0.29) is 0 Å². The summed E-state index contributed by atoms with van der Waals surface area (Å²) < 4.78 is 0. The van der Waals surface area contributed by atoms with Crippen LogP contribution in [0, 0.1) is 0 Å². The van der Waals surface area contributed by atoms with Crippen LogP contribution in [0.2, 0.25) is 0 Å². The van der Waals surface area contributed by atoms with Gasteiger partial charge in [0.2, 0.25) is 0 Å². The maximum atomic E-state index is 3.62. The summed E-state index contributed by atoms with van der Waals surface area (Å²) in [6.07, 6.45) is 9.14. The molecule has 0 aliphatic heterocycles. The Morgan fingerprint density at radius 3 is 2.73 bits per heavy atom. The molecule has 0 aromatic rings. The standard InChI is InChI=1S/C10H16S/c1-4-7-8-9-10(5-2)11-6-3/h4-5,7-8H,1,6,9H2,2-3H3/b8-7-,10-5+. The van der Waals surface area contributed by atoms with E-state index in [0.717, 1.165) is 12.2 Å². The Bertz CT molecular complexity index is 154. The van der Waals surface area contributed by atoms with Crippen LogP contribution < -0.4 is 0 Å². The Morgan fingerprint density at radius 1 is 1.55 bits per heavy atom. The Kier molecular flexibility index (Phi) is 7.37. The summed E-state index contributed by atoms with van der Waals surface area (Å²) in [5.74, 6) is 1.15. The molecule has 0 rings (SSSR count). The molecule has 0 saturated carbocycles. The second kappa shape index (κ2) is 7.67. The van der Waals surface area contributed by atoms with Crippen molar-refractivity contribution in [2.24, 2.45) is 0 Å². The van der Waals surface area contributed by atoms with Crippen LogP contribution in [-0.2, 0) is 0 Å². The highest BCUT2D eigenvalue weighted by Gasteiger charge is 1.89. The Morgan fingerprint density at radius 2 is 2.27 bits per heavy atom. The molecule has 0 nitrogen and oxygen atoms in total. The quantitative estimate of drug-likeness (QED) is 0.563. The van der Waals surface area contributed by atoms with E-state index in [1.807, 2.05) is 23.9 Å². The maximum Gasteiger partial charge on any atom is -0.00375 e. The molecule has 0 atom stereocenters. The smallest absolute Gasteiger partial charge is 0.00375 e. The Labute approximate surface area is 74.1 Å². The summed E-state index contributed by atoms with van der Waals surface area (Å²) in [6, 6.07) is 0. The van der Waals surface area contributed by atoms with Crippen LogP contribution in [0.15, 0.2) is 35.8 Å². The lowest BCUT2D eigenvalue weighted by Crippen LogP contribution is -1.74. The van der Waals surface area contributed by atoms with Crippen molar-refractivity contribution in [1.29, 1.82) is 0 Å². The zero-order chi connectivity index (χ0) is 8.53. The van der Waals surface area contributed by atoms with Crippen molar-refractivity contribution in [1.82, 2.24) is 0 Å². The van der Waals surface area contributed by atoms with Crippen LogP contribution >= 0.6 is 11.8 Å². The molecule has 0 aliphatic rings. The van der Waals surface area contributed by atoms with Crippen molar-refractivity contribution in [3.05, 3.63) is 35.8 Å². The molecular formula is C10H16S. The summed E-state index contributed by atoms with van der Waals surface area (Å²) in [5.41, 5.74) is 0. The predicted molar refractivity (Wildman–Crippen MR) is 55.8 cm³/mol. The fourth-order valence-corrected chi connectivity index (χ4v) is 1.48. The van der Waals surface area contributed by atoms with Gasteiger partial charge in [-0.1, -0.05) is 37.8 Å². The highest BCUT2D eigenvalue weighted by molar-refractivity contribution is 8.03. The van der Waals surface area contributed by atoms with Gasteiger partial charge in [-0.25, -0.2) is 0 Å². The highest BCUT2D eigenvalue weighted by Crippen LogP contribution is 2.18. The van der Waals surface area contributed by atoms with Gasteiger partial charge < -0.3 is 0 Å². The van der Waals surface area contributed by atoms with Crippen molar-refractivity contribution >= 4 is 11.8 Å². The summed E-state index contributed by atoms with van der Waals surface area (Å²) >= 11 is 1.90. The van der Waals surface area contributed by atoms with Crippen LogP contribution in [0.4, 0.5) is 0 Å². The minimum atomic E-state index is 1.04. The summed E-state index contributed by atoms with van der Waals surface area (Å²) in [7, 11) is 0. The van der Waals surface area contributed by atoms with Crippen LogP contribution in [0.1, 0.15) is 20.3 Å². The molecule has 0 saturated heterocycles. The molecule has 0 bridgehead atoms. The largest absolute Gasteiger partial charge is 0.131 e. The van der Waals surface area contributed by atoms with Crippen LogP contribution in [-0.4, -0.2) is 5.75 Å². The third-order valence-electron chi connectivity index (χ3n) is 1.24. The van der Waals surface area contributed by atoms with E-state index < -0.39 is 0 Å². The van der Waals surface area contributed by atoms with Crippen LogP contribution in [0.5, 0.6) is 0 Å². The molecule has 62 valence electrons. The predicted octanol–water partition coefficient (Wildman–Crippen LogP) is 3.78. The van der Waals surface area contributed by atoms with E-state index in [1.54, 1.807) is 0 Å². The minimum Gasteiger partial charge on any atom is -0.131 e. The Hall–Kier alpha value is -0.430. The van der Waals surface area contributed by atoms with Crippen molar-refractivity contribution in [2.75, 3.05) is 5.75 Å². The first kappa shape index (κ1) is 10.6. The first-order chi connectivity index (χ1) is 5.35. The van der Waals surface area contributed by atoms with Gasteiger partial charge in [0.1, 0.15) is 0 Å². The van der Waals surface area contributed by atoms with Crippen molar-refractivity contribution < 1.29 is 0 Å². The SMILES string of the molecule is C=C/C=C\C/C(=C\C)SCC. The molecule has 0 radical (unpaired) electrons. The van der Waals surface area contributed by atoms with Crippen molar-refractivity contribution in [2.45, 2.75) is 20.3 Å². The molecule has 1 heteroatoms. The molecule has 11 heavy (non-hydrogen) atoms. The lowest BCUT2D eigenvalue weighted by molar-refractivity contribution is 1.34. The number of hydrogen-bond acceptors (Lipinski definition) is 1. The van der Waals surface area contributed by atoms with Gasteiger partial charge in [-0.2, -0.15) is 0 Å². The molecule has 0 aromatic heterocycles. The average Bonchev–Trinajstić information content (AvgIpc) is 2.03. The van der Waals surface area contributed by atoms with Gasteiger partial charge in [-0.3, -0.25) is 0 Å². The number of thioether (sulfide) groups is 1. The van der Waals surface area contributed by atoms with Gasteiger partial charge in [0.25, 0.3) is 0 Å². The molecule has 0 heterocycles. The lowest BCUT2D eigenvalue weighted by atomic mass is 10.3. The second-order valence-electron chi connectivity index (χ2n) is 2.06. The highest BCUT2D eigenvalue weighted by atomic mass is 32.2. The summed E-state index contributed by atoms with van der Waals surface area (Å²) in [4.78, 5) is 1.44. The van der Waals surface area contributed by atoms with Gasteiger partial charge in [-0.05, 0) is 24.0 Å². The van der Waals surface area contributed by atoms with E-state index >= 15 is 0 Å². The van der Waals surface area contributed by atoms with Crippen molar-refractivity contribution in [3.63, 3.8) is 0 Å². The van der Waals surface area contributed by atoms with E-state index in [9.17, 15) is 0 Å². The monoisotopic (exact) mass is 168 g/mol. The van der Waals surface area contributed by atoms with Gasteiger partial charge in [0.15, 0.2) is 0 Å². The van der Waals surface area contributed by atoms with Gasteiger partial charge >= 0.3 is 0 Å². The molecule has 0 unspecified atom stereocenters. The van der Waals surface area contributed by atoms with E-state index in [1.165, 1.54) is 4.91 Å². The second-order valence-corrected chi connectivity index (χ2v) is 3.45. The Balaban J connectivity index is 3.70. The van der Waals surface area contributed by atoms with E-state index in [4.69, 9.17) is 0 Å². The zero-order valence-corrected chi connectivity index (χ0v) is 8.16. The van der Waals surface area contributed by atoms with Crippen molar-refractivity contribution in [3.8, 4) is 0 Å². The molecule has 0 aliphatic carbocycles. The number of allylic oxidation sites excluding steroid dienone is 5. The van der Waals surface area contributed by atoms with Gasteiger partial charge in [0.05, 0.1) is 0 Å². The molecular weight excluding hydrogens is 152 g/mol.